The van der Waals surface area contributed by atoms with Crippen LogP contribution in [0.1, 0.15) is 0 Å². The van der Waals surface area contributed by atoms with Crippen molar-refractivity contribution in [1.82, 2.24) is 15.0 Å². The van der Waals surface area contributed by atoms with Gasteiger partial charge in [-0.25, -0.2) is 14.4 Å². The van der Waals surface area contributed by atoms with Gasteiger partial charge in [-0.15, -0.1) is 0 Å². The van der Waals surface area contributed by atoms with Crippen molar-refractivity contribution in [3.63, 3.8) is 0 Å². The summed E-state index contributed by atoms with van der Waals surface area (Å²) in [7, 11) is 3.54. The zero-order chi connectivity index (χ0) is 15.0. The molecule has 0 saturated heterocycles. The normalized spacial score (nSPS) is 10.8. The lowest BCUT2D eigenvalue weighted by atomic mass is 10.1. The molecular weight excluding hydrogens is 271 g/mol. The Morgan fingerprint density at radius 1 is 1.10 bits per heavy atom. The Balaban J connectivity index is 2.14. The van der Waals surface area contributed by atoms with Gasteiger partial charge in [-0.3, -0.25) is 4.98 Å². The Hall–Kier alpha value is -2.76. The second-order valence-corrected chi connectivity index (χ2v) is 4.82. The molecule has 0 amide bonds. The predicted molar refractivity (Wildman–Crippen MR) is 78.7 cm³/mol. The molecule has 3 rings (SSSR count). The number of aromatic hydroxyl groups is 1. The van der Waals surface area contributed by atoms with E-state index >= 15 is 0 Å². The molecule has 0 aliphatic carbocycles. The first-order chi connectivity index (χ1) is 10.1. The first kappa shape index (κ1) is 13.2. The van der Waals surface area contributed by atoms with E-state index in [2.05, 4.69) is 15.0 Å². The number of anilines is 1. The molecule has 0 unspecified atom stereocenters. The SMILES string of the molecule is CN(C)c1ccc(-c2cc3nccnc3c(O)n2)cc1F. The summed E-state index contributed by atoms with van der Waals surface area (Å²) in [6, 6.07) is 6.48. The van der Waals surface area contributed by atoms with Crippen molar-refractivity contribution in [3.05, 3.63) is 42.5 Å². The highest BCUT2D eigenvalue weighted by molar-refractivity contribution is 5.83. The summed E-state index contributed by atoms with van der Waals surface area (Å²) in [5.74, 6) is -0.564. The maximum absolute atomic E-state index is 14.0. The molecule has 2 aromatic heterocycles. The molecule has 0 bridgehead atoms. The number of benzene rings is 1. The van der Waals surface area contributed by atoms with Gasteiger partial charge in [0.1, 0.15) is 5.82 Å². The van der Waals surface area contributed by atoms with Crippen molar-refractivity contribution in [1.29, 1.82) is 0 Å². The van der Waals surface area contributed by atoms with Crippen LogP contribution in [0.15, 0.2) is 36.7 Å². The molecule has 2 heterocycles. The Bertz CT molecular complexity index is 820. The van der Waals surface area contributed by atoms with E-state index in [4.69, 9.17) is 0 Å². The van der Waals surface area contributed by atoms with E-state index < -0.39 is 0 Å². The average molecular weight is 284 g/mol. The zero-order valence-electron chi connectivity index (χ0n) is 11.6. The van der Waals surface area contributed by atoms with Crippen LogP contribution in [0.5, 0.6) is 5.88 Å². The number of hydrogen-bond donors (Lipinski definition) is 1. The van der Waals surface area contributed by atoms with Gasteiger partial charge in [-0.2, -0.15) is 0 Å². The van der Waals surface area contributed by atoms with Gasteiger partial charge in [0.15, 0.2) is 5.52 Å². The third-order valence-corrected chi connectivity index (χ3v) is 3.16. The van der Waals surface area contributed by atoms with Gasteiger partial charge in [-0.1, -0.05) is 6.07 Å². The van der Waals surface area contributed by atoms with Crippen molar-refractivity contribution >= 4 is 16.7 Å². The second kappa shape index (κ2) is 4.97. The molecule has 0 aliphatic rings. The number of pyridine rings is 1. The molecule has 0 spiro atoms. The molecule has 0 atom stereocenters. The van der Waals surface area contributed by atoms with Crippen LogP contribution in [0.2, 0.25) is 0 Å². The molecule has 5 nitrogen and oxygen atoms in total. The monoisotopic (exact) mass is 284 g/mol. The van der Waals surface area contributed by atoms with Gasteiger partial charge in [0.05, 0.1) is 16.9 Å². The van der Waals surface area contributed by atoms with E-state index in [1.54, 1.807) is 37.2 Å². The molecule has 1 N–H and O–H groups in total. The third-order valence-electron chi connectivity index (χ3n) is 3.16. The Morgan fingerprint density at radius 2 is 1.86 bits per heavy atom. The first-order valence-corrected chi connectivity index (χ1v) is 6.34. The topological polar surface area (TPSA) is 62.1 Å². The van der Waals surface area contributed by atoms with Gasteiger partial charge in [0.25, 0.3) is 0 Å². The average Bonchev–Trinajstić information content (AvgIpc) is 2.46. The van der Waals surface area contributed by atoms with Crippen molar-refractivity contribution in [2.45, 2.75) is 0 Å². The number of halogens is 1. The van der Waals surface area contributed by atoms with E-state index in [0.717, 1.165) is 0 Å². The molecule has 106 valence electrons. The minimum atomic E-state index is -0.349. The Kier molecular flexibility index (Phi) is 3.13. The summed E-state index contributed by atoms with van der Waals surface area (Å²) in [5, 5.41) is 9.91. The van der Waals surface area contributed by atoms with Crippen molar-refractivity contribution < 1.29 is 9.50 Å². The maximum atomic E-state index is 14.0. The fourth-order valence-corrected chi connectivity index (χ4v) is 2.13. The number of hydrogen-bond acceptors (Lipinski definition) is 5. The zero-order valence-corrected chi connectivity index (χ0v) is 11.6. The maximum Gasteiger partial charge on any atom is 0.240 e. The van der Waals surface area contributed by atoms with Gasteiger partial charge in [0, 0.05) is 32.1 Å². The highest BCUT2D eigenvalue weighted by Crippen LogP contribution is 2.28. The fraction of sp³-hybridized carbons (Fsp3) is 0.133. The largest absolute Gasteiger partial charge is 0.492 e. The molecule has 0 fully saturated rings. The highest BCUT2D eigenvalue weighted by atomic mass is 19.1. The number of aromatic nitrogens is 3. The van der Waals surface area contributed by atoms with Crippen LogP contribution in [0, 0.1) is 5.82 Å². The summed E-state index contributed by atoms with van der Waals surface area (Å²) < 4.78 is 14.0. The van der Waals surface area contributed by atoms with Crippen molar-refractivity contribution in [2.75, 3.05) is 19.0 Å². The van der Waals surface area contributed by atoms with Crippen LogP contribution in [0.25, 0.3) is 22.3 Å². The second-order valence-electron chi connectivity index (χ2n) is 4.82. The predicted octanol–water partition coefficient (Wildman–Crippen LogP) is 2.60. The molecule has 6 heteroatoms. The molecular formula is C15H13FN4O. The Labute approximate surface area is 120 Å². The minimum absolute atomic E-state index is 0.215. The van der Waals surface area contributed by atoms with Crippen LogP contribution >= 0.6 is 0 Å². The lowest BCUT2D eigenvalue weighted by Gasteiger charge is -2.14. The fourth-order valence-electron chi connectivity index (χ4n) is 2.13. The summed E-state index contributed by atoms with van der Waals surface area (Å²) in [5.41, 5.74) is 2.35. The highest BCUT2D eigenvalue weighted by Gasteiger charge is 2.11. The van der Waals surface area contributed by atoms with Crippen LogP contribution in [0.4, 0.5) is 10.1 Å². The van der Waals surface area contributed by atoms with E-state index in [1.165, 1.54) is 18.5 Å². The minimum Gasteiger partial charge on any atom is -0.492 e. The molecule has 0 radical (unpaired) electrons. The van der Waals surface area contributed by atoms with Gasteiger partial charge < -0.3 is 10.0 Å². The summed E-state index contributed by atoms with van der Waals surface area (Å²) in [6.45, 7) is 0. The van der Waals surface area contributed by atoms with Crippen molar-refractivity contribution in [3.8, 4) is 17.1 Å². The Morgan fingerprint density at radius 3 is 2.57 bits per heavy atom. The first-order valence-electron chi connectivity index (χ1n) is 6.34. The summed E-state index contributed by atoms with van der Waals surface area (Å²) in [6.07, 6.45) is 3.01. The van der Waals surface area contributed by atoms with Crippen LogP contribution in [-0.2, 0) is 0 Å². The third kappa shape index (κ3) is 2.35. The molecule has 21 heavy (non-hydrogen) atoms. The molecule has 0 aliphatic heterocycles. The smallest absolute Gasteiger partial charge is 0.240 e. The van der Waals surface area contributed by atoms with Crippen LogP contribution in [0.3, 0.4) is 0 Å². The van der Waals surface area contributed by atoms with Crippen LogP contribution < -0.4 is 4.90 Å². The van der Waals surface area contributed by atoms with Gasteiger partial charge in [0.2, 0.25) is 5.88 Å². The van der Waals surface area contributed by atoms with E-state index in [9.17, 15) is 9.50 Å². The number of nitrogens with zero attached hydrogens (tertiary/aromatic N) is 4. The lowest BCUT2D eigenvalue weighted by Crippen LogP contribution is -2.10. The van der Waals surface area contributed by atoms with Crippen molar-refractivity contribution in [2.24, 2.45) is 0 Å². The lowest BCUT2D eigenvalue weighted by molar-refractivity contribution is 0.459. The van der Waals surface area contributed by atoms with Crippen LogP contribution in [-0.4, -0.2) is 34.2 Å². The quantitative estimate of drug-likeness (QED) is 0.783. The number of rotatable bonds is 2. The summed E-state index contributed by atoms with van der Waals surface area (Å²) >= 11 is 0. The van der Waals surface area contributed by atoms with Gasteiger partial charge in [-0.05, 0) is 18.2 Å². The van der Waals surface area contributed by atoms with E-state index in [1.807, 2.05) is 0 Å². The molecule has 0 saturated carbocycles. The van der Waals surface area contributed by atoms with E-state index in [0.29, 0.717) is 28.0 Å². The number of fused-ring (bicyclic) bond motifs is 1. The molecule has 3 aromatic rings. The van der Waals surface area contributed by atoms with E-state index in [-0.39, 0.29) is 11.7 Å². The molecule has 1 aromatic carbocycles. The standard InChI is InChI=1S/C15H13FN4O/c1-20(2)13-4-3-9(7-10(13)16)11-8-12-14(15(21)19-11)18-6-5-17-12/h3-8H,1-2H3,(H,19,21). The van der Waals surface area contributed by atoms with Gasteiger partial charge >= 0.3 is 0 Å². The summed E-state index contributed by atoms with van der Waals surface area (Å²) in [4.78, 5) is 13.9.